The van der Waals surface area contributed by atoms with Crippen LogP contribution < -0.4 is 5.73 Å². The maximum atomic E-state index is 6.48. The molecule has 5 heteroatoms. The molecule has 0 bridgehead atoms. The maximum Gasteiger partial charge on any atom is 0.0834 e. The molecule has 3 atom stereocenters. The summed E-state index contributed by atoms with van der Waals surface area (Å²) in [6.45, 7) is 4.08. The van der Waals surface area contributed by atoms with Crippen LogP contribution in [-0.2, 0) is 6.54 Å². The minimum Gasteiger partial charge on any atom is -0.322 e. The minimum absolute atomic E-state index is 0.00895. The summed E-state index contributed by atoms with van der Waals surface area (Å²) in [7, 11) is 4.12. The van der Waals surface area contributed by atoms with Crippen molar-refractivity contribution in [2.45, 2.75) is 38.8 Å². The Morgan fingerprint density at radius 2 is 2.26 bits per heavy atom. The summed E-state index contributed by atoms with van der Waals surface area (Å²) >= 11 is 6.30. The van der Waals surface area contributed by atoms with Crippen molar-refractivity contribution in [3.63, 3.8) is 0 Å². The molecule has 0 amide bonds. The number of hydrogen-bond acceptors (Lipinski definition) is 3. The molecule has 4 nitrogen and oxygen atoms in total. The van der Waals surface area contributed by atoms with Gasteiger partial charge < -0.3 is 10.6 Å². The second-order valence-electron chi connectivity index (χ2n) is 6.00. The monoisotopic (exact) mass is 284 g/mol. The Morgan fingerprint density at radius 3 is 2.84 bits per heavy atom. The molecule has 0 saturated heterocycles. The molecular formula is C14H25ClN4. The molecule has 0 aliphatic heterocycles. The van der Waals surface area contributed by atoms with Gasteiger partial charge in [-0.15, -0.1) is 0 Å². The Balaban J connectivity index is 2.15. The maximum absolute atomic E-state index is 6.48. The third kappa shape index (κ3) is 3.30. The van der Waals surface area contributed by atoms with E-state index in [9.17, 15) is 0 Å². The summed E-state index contributed by atoms with van der Waals surface area (Å²) in [5.41, 5.74) is 7.50. The summed E-state index contributed by atoms with van der Waals surface area (Å²) < 4.78 is 1.98. The average molecular weight is 285 g/mol. The van der Waals surface area contributed by atoms with Gasteiger partial charge in [0.05, 0.1) is 29.5 Å². The summed E-state index contributed by atoms with van der Waals surface area (Å²) in [6.07, 6.45) is 5.49. The number of aromatic nitrogens is 2. The van der Waals surface area contributed by atoms with E-state index in [-0.39, 0.29) is 6.04 Å². The SMILES string of the molecule is CC1CCCC1C(N)c1c(Cl)cnn1CCN(C)C. The van der Waals surface area contributed by atoms with Crippen LogP contribution in [0.25, 0.3) is 0 Å². The third-order valence-electron chi connectivity index (χ3n) is 4.30. The first-order valence-electron chi connectivity index (χ1n) is 7.12. The third-order valence-corrected chi connectivity index (χ3v) is 4.59. The molecule has 1 fully saturated rings. The van der Waals surface area contributed by atoms with E-state index >= 15 is 0 Å². The highest BCUT2D eigenvalue weighted by Crippen LogP contribution is 2.40. The van der Waals surface area contributed by atoms with E-state index in [0.29, 0.717) is 16.9 Å². The number of nitrogens with zero attached hydrogens (tertiary/aromatic N) is 3. The predicted octanol–water partition coefficient (Wildman–Crippen LogP) is 2.53. The van der Waals surface area contributed by atoms with Crippen LogP contribution in [0.2, 0.25) is 5.02 Å². The average Bonchev–Trinajstić information content (AvgIpc) is 2.92. The second kappa shape index (κ2) is 6.25. The van der Waals surface area contributed by atoms with Gasteiger partial charge in [-0.05, 0) is 32.4 Å². The molecule has 1 aromatic rings. The molecule has 0 spiro atoms. The van der Waals surface area contributed by atoms with Crippen molar-refractivity contribution in [2.24, 2.45) is 17.6 Å². The lowest BCUT2D eigenvalue weighted by atomic mass is 9.89. The standard InChI is InChI=1S/C14H25ClN4/c1-10-5-4-6-11(10)13(16)14-12(15)9-17-19(14)8-7-18(2)3/h9-11,13H,4-8,16H2,1-3H3. The quantitative estimate of drug-likeness (QED) is 0.904. The summed E-state index contributed by atoms with van der Waals surface area (Å²) in [5, 5.41) is 5.10. The Bertz CT molecular complexity index is 416. The second-order valence-corrected chi connectivity index (χ2v) is 6.41. The lowest BCUT2D eigenvalue weighted by Gasteiger charge is -2.25. The molecule has 1 heterocycles. The van der Waals surface area contributed by atoms with Gasteiger partial charge in [-0.3, -0.25) is 4.68 Å². The van der Waals surface area contributed by atoms with Crippen LogP contribution in [0.15, 0.2) is 6.20 Å². The van der Waals surface area contributed by atoms with Crippen molar-refractivity contribution in [2.75, 3.05) is 20.6 Å². The topological polar surface area (TPSA) is 47.1 Å². The van der Waals surface area contributed by atoms with E-state index in [2.05, 4.69) is 31.0 Å². The first-order chi connectivity index (χ1) is 9.00. The van der Waals surface area contributed by atoms with E-state index in [1.54, 1.807) is 6.20 Å². The van der Waals surface area contributed by atoms with Gasteiger partial charge in [0.2, 0.25) is 0 Å². The minimum atomic E-state index is 0.00895. The van der Waals surface area contributed by atoms with Crippen LogP contribution in [0, 0.1) is 11.8 Å². The van der Waals surface area contributed by atoms with Crippen molar-refractivity contribution in [1.82, 2.24) is 14.7 Å². The van der Waals surface area contributed by atoms with Crippen LogP contribution in [0.1, 0.15) is 37.9 Å². The molecule has 0 radical (unpaired) electrons. The predicted molar refractivity (Wildman–Crippen MR) is 79.2 cm³/mol. The number of rotatable bonds is 5. The van der Waals surface area contributed by atoms with Crippen molar-refractivity contribution in [3.8, 4) is 0 Å². The van der Waals surface area contributed by atoms with E-state index in [1.807, 2.05) is 4.68 Å². The summed E-state index contributed by atoms with van der Waals surface area (Å²) in [6, 6.07) is 0.00895. The van der Waals surface area contributed by atoms with Gasteiger partial charge in [0.15, 0.2) is 0 Å². The zero-order valence-electron chi connectivity index (χ0n) is 12.1. The van der Waals surface area contributed by atoms with Crippen LogP contribution in [0.3, 0.4) is 0 Å². The largest absolute Gasteiger partial charge is 0.322 e. The van der Waals surface area contributed by atoms with Gasteiger partial charge in [-0.1, -0.05) is 31.4 Å². The number of likely N-dealkylation sites (N-methyl/N-ethyl adjacent to an activating group) is 1. The molecule has 1 saturated carbocycles. The van der Waals surface area contributed by atoms with E-state index in [1.165, 1.54) is 19.3 Å². The molecule has 2 rings (SSSR count). The lowest BCUT2D eigenvalue weighted by molar-refractivity contribution is 0.322. The Labute approximate surface area is 120 Å². The van der Waals surface area contributed by atoms with Crippen molar-refractivity contribution in [3.05, 3.63) is 16.9 Å². The first-order valence-corrected chi connectivity index (χ1v) is 7.50. The van der Waals surface area contributed by atoms with Gasteiger partial charge in [0.25, 0.3) is 0 Å². The van der Waals surface area contributed by atoms with Crippen LogP contribution in [0.5, 0.6) is 0 Å². The van der Waals surface area contributed by atoms with Crippen molar-refractivity contribution >= 4 is 11.6 Å². The molecule has 1 aliphatic rings. The van der Waals surface area contributed by atoms with Crippen molar-refractivity contribution in [1.29, 1.82) is 0 Å². The van der Waals surface area contributed by atoms with Gasteiger partial charge >= 0.3 is 0 Å². The fourth-order valence-corrected chi connectivity index (χ4v) is 3.35. The Kier molecular flexibility index (Phi) is 4.87. The highest BCUT2D eigenvalue weighted by Gasteiger charge is 2.32. The summed E-state index contributed by atoms with van der Waals surface area (Å²) in [4.78, 5) is 2.14. The normalized spacial score (nSPS) is 25.2. The highest BCUT2D eigenvalue weighted by molar-refractivity contribution is 6.31. The van der Waals surface area contributed by atoms with Crippen LogP contribution in [0.4, 0.5) is 0 Å². The Morgan fingerprint density at radius 1 is 1.53 bits per heavy atom. The number of nitrogens with two attached hydrogens (primary N) is 1. The molecule has 19 heavy (non-hydrogen) atoms. The first kappa shape index (κ1) is 14.8. The van der Waals surface area contributed by atoms with Gasteiger partial charge in [0.1, 0.15) is 0 Å². The molecule has 108 valence electrons. The van der Waals surface area contributed by atoms with Gasteiger partial charge in [-0.25, -0.2) is 0 Å². The molecule has 1 aromatic heterocycles. The zero-order chi connectivity index (χ0) is 14.0. The van der Waals surface area contributed by atoms with Crippen LogP contribution in [-0.4, -0.2) is 35.3 Å². The molecule has 3 unspecified atom stereocenters. The fourth-order valence-electron chi connectivity index (χ4n) is 3.09. The zero-order valence-corrected chi connectivity index (χ0v) is 12.9. The molecule has 0 aromatic carbocycles. The number of hydrogen-bond donors (Lipinski definition) is 1. The molecular weight excluding hydrogens is 260 g/mol. The fraction of sp³-hybridized carbons (Fsp3) is 0.786. The van der Waals surface area contributed by atoms with Gasteiger partial charge in [-0.2, -0.15) is 5.10 Å². The Hall–Kier alpha value is -0.580. The van der Waals surface area contributed by atoms with E-state index in [0.717, 1.165) is 18.8 Å². The van der Waals surface area contributed by atoms with E-state index < -0.39 is 0 Å². The summed E-state index contributed by atoms with van der Waals surface area (Å²) in [5.74, 6) is 1.22. The van der Waals surface area contributed by atoms with Crippen LogP contribution >= 0.6 is 11.6 Å². The lowest BCUT2D eigenvalue weighted by Crippen LogP contribution is -2.28. The van der Waals surface area contributed by atoms with Crippen molar-refractivity contribution < 1.29 is 0 Å². The molecule has 2 N–H and O–H groups in total. The van der Waals surface area contributed by atoms with E-state index in [4.69, 9.17) is 17.3 Å². The van der Waals surface area contributed by atoms with Gasteiger partial charge in [0, 0.05) is 6.54 Å². The number of halogens is 1. The molecule has 1 aliphatic carbocycles. The highest BCUT2D eigenvalue weighted by atomic mass is 35.5. The smallest absolute Gasteiger partial charge is 0.0834 e.